The molecular weight excluding hydrogens is 348 g/mol. The molecule has 0 aliphatic carbocycles. The number of aromatic nitrogens is 1. The van der Waals surface area contributed by atoms with Gasteiger partial charge in [-0.2, -0.15) is 0 Å². The zero-order chi connectivity index (χ0) is 17.9. The van der Waals surface area contributed by atoms with E-state index in [0.717, 1.165) is 26.1 Å². The highest BCUT2D eigenvalue weighted by molar-refractivity contribution is 7.13. The van der Waals surface area contributed by atoms with Crippen molar-refractivity contribution in [2.75, 3.05) is 31.1 Å². The number of rotatable bonds is 5. The van der Waals surface area contributed by atoms with Gasteiger partial charge in [0.05, 0.1) is 5.92 Å². The molecule has 1 atom stereocenters. The van der Waals surface area contributed by atoms with Gasteiger partial charge in [0, 0.05) is 50.7 Å². The average molecular weight is 370 g/mol. The van der Waals surface area contributed by atoms with Gasteiger partial charge >= 0.3 is 0 Å². The summed E-state index contributed by atoms with van der Waals surface area (Å²) in [5, 5.41) is 5.52. The normalized spacial score (nSPS) is 20.2. The van der Waals surface area contributed by atoms with Gasteiger partial charge in [0.2, 0.25) is 11.8 Å². The molecule has 1 fully saturated rings. The van der Waals surface area contributed by atoms with Gasteiger partial charge in [-0.15, -0.1) is 11.3 Å². The number of nitrogens with one attached hydrogen (secondary N) is 1. The molecule has 6 nitrogen and oxygen atoms in total. The molecule has 1 aromatic heterocycles. The lowest BCUT2D eigenvalue weighted by Crippen LogP contribution is -2.40. The first-order chi connectivity index (χ1) is 12.7. The summed E-state index contributed by atoms with van der Waals surface area (Å²) in [5.41, 5.74) is 2.81. The highest BCUT2D eigenvalue weighted by Crippen LogP contribution is 2.26. The molecule has 1 aromatic carbocycles. The highest BCUT2D eigenvalue weighted by Gasteiger charge is 2.36. The predicted octanol–water partition coefficient (Wildman–Crippen LogP) is 1.67. The number of amides is 2. The van der Waals surface area contributed by atoms with Crippen LogP contribution in [0.1, 0.15) is 17.5 Å². The minimum absolute atomic E-state index is 0.0206. The van der Waals surface area contributed by atoms with Crippen LogP contribution in [0.25, 0.3) is 0 Å². The monoisotopic (exact) mass is 370 g/mol. The number of benzene rings is 1. The summed E-state index contributed by atoms with van der Waals surface area (Å²) in [5.74, 6) is -0.337. The van der Waals surface area contributed by atoms with Gasteiger partial charge in [0.25, 0.3) is 0 Å². The van der Waals surface area contributed by atoms with Gasteiger partial charge in [0.1, 0.15) is 0 Å². The number of thiazole rings is 1. The first-order valence-corrected chi connectivity index (χ1v) is 9.85. The van der Waals surface area contributed by atoms with Gasteiger partial charge in [-0.3, -0.25) is 19.4 Å². The summed E-state index contributed by atoms with van der Waals surface area (Å²) >= 11 is 1.42. The number of hydrogen-bond acceptors (Lipinski definition) is 5. The van der Waals surface area contributed by atoms with Gasteiger partial charge in [-0.25, -0.2) is 4.98 Å². The van der Waals surface area contributed by atoms with Gasteiger partial charge in [-0.1, -0.05) is 24.3 Å². The van der Waals surface area contributed by atoms with Crippen molar-refractivity contribution >= 4 is 28.3 Å². The van der Waals surface area contributed by atoms with Crippen molar-refractivity contribution in [2.45, 2.75) is 19.4 Å². The molecule has 136 valence electrons. The average Bonchev–Trinajstić information content (AvgIpc) is 3.31. The van der Waals surface area contributed by atoms with Gasteiger partial charge in [-0.05, 0) is 17.5 Å². The molecule has 4 rings (SSSR count). The van der Waals surface area contributed by atoms with Crippen molar-refractivity contribution < 1.29 is 9.59 Å². The Morgan fingerprint density at radius 3 is 2.96 bits per heavy atom. The first-order valence-electron chi connectivity index (χ1n) is 8.97. The maximum absolute atomic E-state index is 12.4. The molecule has 2 amide bonds. The molecule has 3 heterocycles. The van der Waals surface area contributed by atoms with Crippen LogP contribution in [0.2, 0.25) is 0 Å². The third kappa shape index (κ3) is 3.64. The number of fused-ring (bicyclic) bond motifs is 1. The second-order valence-electron chi connectivity index (χ2n) is 6.81. The molecule has 1 saturated heterocycles. The van der Waals surface area contributed by atoms with Crippen LogP contribution in [0, 0.1) is 5.92 Å². The summed E-state index contributed by atoms with van der Waals surface area (Å²) in [7, 11) is 0. The van der Waals surface area contributed by atoms with E-state index in [9.17, 15) is 9.59 Å². The Balaban J connectivity index is 1.24. The SMILES string of the molecule is O=C(NCCN1CCc2ccccc2C1)C1CC(=O)N(c2nccs2)C1. The maximum Gasteiger partial charge on any atom is 0.229 e. The standard InChI is InChI=1S/C19H22N4O2S/c24-17-11-16(13-23(17)19-21-7-10-26-19)18(25)20-6-9-22-8-5-14-3-1-2-4-15(14)12-22/h1-4,7,10,16H,5-6,8-9,11-13H2,(H,20,25). The van der Waals surface area contributed by atoms with Crippen molar-refractivity contribution in [1.29, 1.82) is 0 Å². The van der Waals surface area contributed by atoms with Crippen molar-refractivity contribution in [3.05, 3.63) is 47.0 Å². The topological polar surface area (TPSA) is 65.5 Å². The first kappa shape index (κ1) is 17.2. The van der Waals surface area contributed by atoms with Crippen LogP contribution in [0.4, 0.5) is 5.13 Å². The van der Waals surface area contributed by atoms with Crippen molar-refractivity contribution in [3.63, 3.8) is 0 Å². The number of nitrogens with zero attached hydrogens (tertiary/aromatic N) is 3. The summed E-state index contributed by atoms with van der Waals surface area (Å²) in [4.78, 5) is 32.7. The van der Waals surface area contributed by atoms with E-state index >= 15 is 0 Å². The molecular formula is C19H22N4O2S. The Kier molecular flexibility index (Phi) is 4.99. The Bertz CT molecular complexity index is 793. The maximum atomic E-state index is 12.4. The zero-order valence-electron chi connectivity index (χ0n) is 14.6. The van der Waals surface area contributed by atoms with Crippen molar-refractivity contribution in [1.82, 2.24) is 15.2 Å². The Morgan fingerprint density at radius 1 is 1.31 bits per heavy atom. The molecule has 26 heavy (non-hydrogen) atoms. The van der Waals surface area contributed by atoms with Crippen molar-refractivity contribution in [2.24, 2.45) is 5.92 Å². The van der Waals surface area contributed by atoms with E-state index in [4.69, 9.17) is 0 Å². The molecule has 0 saturated carbocycles. The molecule has 0 radical (unpaired) electrons. The van der Waals surface area contributed by atoms with Crippen LogP contribution in [0.5, 0.6) is 0 Å². The molecule has 0 spiro atoms. The number of hydrogen-bond donors (Lipinski definition) is 1. The molecule has 1 unspecified atom stereocenters. The Hall–Kier alpha value is -2.25. The third-order valence-electron chi connectivity index (χ3n) is 5.08. The summed E-state index contributed by atoms with van der Waals surface area (Å²) < 4.78 is 0. The lowest BCUT2D eigenvalue weighted by atomic mass is 10.00. The fraction of sp³-hybridized carbons (Fsp3) is 0.421. The lowest BCUT2D eigenvalue weighted by molar-refractivity contribution is -0.126. The van der Waals surface area contributed by atoms with Gasteiger partial charge < -0.3 is 5.32 Å². The number of carbonyl (C=O) groups excluding carboxylic acids is 2. The van der Waals surface area contributed by atoms with Crippen LogP contribution in [0.15, 0.2) is 35.8 Å². The number of anilines is 1. The molecule has 2 aromatic rings. The second kappa shape index (κ2) is 7.55. The van der Waals surface area contributed by atoms with Gasteiger partial charge in [0.15, 0.2) is 5.13 Å². The zero-order valence-corrected chi connectivity index (χ0v) is 15.4. The molecule has 2 aliphatic heterocycles. The molecule has 1 N–H and O–H groups in total. The van der Waals surface area contributed by atoms with Crippen LogP contribution < -0.4 is 10.2 Å². The van der Waals surface area contributed by atoms with Crippen LogP contribution in [-0.2, 0) is 22.6 Å². The summed E-state index contributed by atoms with van der Waals surface area (Å²) in [6.45, 7) is 3.83. The van der Waals surface area contributed by atoms with E-state index in [0.29, 0.717) is 18.2 Å². The Morgan fingerprint density at radius 2 is 2.15 bits per heavy atom. The van der Waals surface area contributed by atoms with Crippen LogP contribution in [-0.4, -0.2) is 47.9 Å². The Labute approximate surface area is 156 Å². The minimum Gasteiger partial charge on any atom is -0.355 e. The molecule has 2 aliphatic rings. The molecule has 7 heteroatoms. The summed E-state index contributed by atoms with van der Waals surface area (Å²) in [6, 6.07) is 8.54. The number of carbonyl (C=O) groups is 2. The van der Waals surface area contributed by atoms with Crippen molar-refractivity contribution in [3.8, 4) is 0 Å². The third-order valence-corrected chi connectivity index (χ3v) is 5.88. The lowest BCUT2D eigenvalue weighted by Gasteiger charge is -2.28. The van der Waals surface area contributed by atoms with E-state index < -0.39 is 0 Å². The molecule has 0 bridgehead atoms. The summed E-state index contributed by atoms with van der Waals surface area (Å²) in [6.07, 6.45) is 3.00. The minimum atomic E-state index is -0.284. The quantitative estimate of drug-likeness (QED) is 0.870. The van der Waals surface area contributed by atoms with E-state index in [1.54, 1.807) is 11.1 Å². The fourth-order valence-electron chi connectivity index (χ4n) is 3.64. The smallest absolute Gasteiger partial charge is 0.229 e. The van der Waals surface area contributed by atoms with E-state index in [-0.39, 0.29) is 24.2 Å². The predicted molar refractivity (Wildman–Crippen MR) is 101 cm³/mol. The largest absolute Gasteiger partial charge is 0.355 e. The van der Waals surface area contributed by atoms with Crippen LogP contribution >= 0.6 is 11.3 Å². The van der Waals surface area contributed by atoms with E-state index in [2.05, 4.69) is 39.5 Å². The second-order valence-corrected chi connectivity index (χ2v) is 7.68. The van der Waals surface area contributed by atoms with E-state index in [1.807, 2.05) is 5.38 Å². The highest BCUT2D eigenvalue weighted by atomic mass is 32.1. The van der Waals surface area contributed by atoms with E-state index in [1.165, 1.54) is 22.5 Å². The van der Waals surface area contributed by atoms with Crippen LogP contribution in [0.3, 0.4) is 0 Å². The fourth-order valence-corrected chi connectivity index (χ4v) is 4.31.